The summed E-state index contributed by atoms with van der Waals surface area (Å²) in [5, 5.41) is 10.6. The highest BCUT2D eigenvalue weighted by atomic mass is 19.1. The fraction of sp³-hybridized carbons (Fsp3) is 0.450. The number of halogens is 1. The van der Waals surface area contributed by atoms with Crippen LogP contribution in [-0.4, -0.2) is 52.7 Å². The Bertz CT molecular complexity index is 841. The summed E-state index contributed by atoms with van der Waals surface area (Å²) in [4.78, 5) is 17.5. The van der Waals surface area contributed by atoms with Gasteiger partial charge in [0.05, 0.1) is 11.6 Å². The zero-order chi connectivity index (χ0) is 18.8. The molecule has 0 spiro atoms. The Labute approximate surface area is 153 Å². The number of hydrogen-bond acceptors (Lipinski definition) is 4. The molecule has 1 saturated heterocycles. The van der Waals surface area contributed by atoms with Crippen LogP contribution in [-0.2, 0) is 6.54 Å². The molecule has 0 saturated carbocycles. The van der Waals surface area contributed by atoms with Crippen LogP contribution in [0.3, 0.4) is 0 Å². The molecular formula is C20H26FN3O2. The second-order valence-electron chi connectivity index (χ2n) is 6.93. The SMILES string of the molecule is CCn1c(C)cc(O)c([C@H](c2cccc(F)c2)N2CCN(C)CC2)c1=O. The Balaban J connectivity index is 2.17. The molecule has 0 amide bonds. The third-order valence-electron chi connectivity index (χ3n) is 5.18. The van der Waals surface area contributed by atoms with Gasteiger partial charge in [0, 0.05) is 38.4 Å². The highest BCUT2D eigenvalue weighted by Crippen LogP contribution is 2.33. The minimum atomic E-state index is -0.467. The predicted molar refractivity (Wildman–Crippen MR) is 100 cm³/mol. The van der Waals surface area contributed by atoms with Gasteiger partial charge in [-0.25, -0.2) is 4.39 Å². The summed E-state index contributed by atoms with van der Waals surface area (Å²) in [6, 6.07) is 7.48. The Morgan fingerprint density at radius 2 is 1.88 bits per heavy atom. The zero-order valence-electron chi connectivity index (χ0n) is 15.6. The second kappa shape index (κ2) is 7.60. The molecule has 1 N–H and O–H groups in total. The molecule has 3 rings (SSSR count). The minimum absolute atomic E-state index is 0.0228. The third-order valence-corrected chi connectivity index (χ3v) is 5.18. The first-order valence-corrected chi connectivity index (χ1v) is 9.03. The number of piperazine rings is 1. The summed E-state index contributed by atoms with van der Waals surface area (Å²) in [5.74, 6) is -0.366. The van der Waals surface area contributed by atoms with Crippen molar-refractivity contribution >= 4 is 0 Å². The van der Waals surface area contributed by atoms with Gasteiger partial charge in [-0.1, -0.05) is 12.1 Å². The van der Waals surface area contributed by atoms with Crippen molar-refractivity contribution in [3.8, 4) is 5.75 Å². The van der Waals surface area contributed by atoms with E-state index in [1.54, 1.807) is 23.6 Å². The normalized spacial score (nSPS) is 17.4. The number of aromatic hydroxyl groups is 1. The van der Waals surface area contributed by atoms with Crippen LogP contribution in [0.4, 0.5) is 4.39 Å². The van der Waals surface area contributed by atoms with Crippen LogP contribution < -0.4 is 5.56 Å². The number of rotatable bonds is 4. The lowest BCUT2D eigenvalue weighted by Gasteiger charge is -2.38. The summed E-state index contributed by atoms with van der Waals surface area (Å²) in [6.07, 6.45) is 0. The number of hydrogen-bond donors (Lipinski definition) is 1. The molecule has 1 aromatic carbocycles. The first-order valence-electron chi connectivity index (χ1n) is 9.03. The Morgan fingerprint density at radius 3 is 2.50 bits per heavy atom. The maximum atomic E-state index is 13.9. The molecule has 0 aliphatic carbocycles. The van der Waals surface area contributed by atoms with Crippen LogP contribution in [0.25, 0.3) is 0 Å². The highest BCUT2D eigenvalue weighted by molar-refractivity contribution is 5.41. The first kappa shape index (κ1) is 18.6. The molecule has 1 fully saturated rings. The van der Waals surface area contributed by atoms with Gasteiger partial charge in [0.25, 0.3) is 5.56 Å². The van der Waals surface area contributed by atoms with E-state index in [9.17, 15) is 14.3 Å². The molecule has 1 aliphatic heterocycles. The van der Waals surface area contributed by atoms with E-state index in [1.807, 2.05) is 13.0 Å². The van der Waals surface area contributed by atoms with Gasteiger partial charge in [-0.15, -0.1) is 0 Å². The fourth-order valence-corrected chi connectivity index (χ4v) is 3.74. The lowest BCUT2D eigenvalue weighted by molar-refractivity contribution is 0.125. The van der Waals surface area contributed by atoms with Crippen molar-refractivity contribution in [1.29, 1.82) is 0 Å². The van der Waals surface area contributed by atoms with Crippen molar-refractivity contribution in [3.05, 3.63) is 63.3 Å². The smallest absolute Gasteiger partial charge is 0.259 e. The maximum absolute atomic E-state index is 13.9. The van der Waals surface area contributed by atoms with E-state index in [2.05, 4.69) is 16.8 Å². The van der Waals surface area contributed by atoms with E-state index in [4.69, 9.17) is 0 Å². The van der Waals surface area contributed by atoms with E-state index in [1.165, 1.54) is 12.1 Å². The minimum Gasteiger partial charge on any atom is -0.507 e. The van der Waals surface area contributed by atoms with Gasteiger partial charge in [-0.2, -0.15) is 0 Å². The van der Waals surface area contributed by atoms with Crippen molar-refractivity contribution in [1.82, 2.24) is 14.4 Å². The maximum Gasteiger partial charge on any atom is 0.259 e. The van der Waals surface area contributed by atoms with E-state index in [-0.39, 0.29) is 17.1 Å². The second-order valence-corrected chi connectivity index (χ2v) is 6.93. The largest absolute Gasteiger partial charge is 0.507 e. The topological polar surface area (TPSA) is 48.7 Å². The molecule has 1 atom stereocenters. The Morgan fingerprint density at radius 1 is 1.19 bits per heavy atom. The summed E-state index contributed by atoms with van der Waals surface area (Å²) in [7, 11) is 2.06. The fourth-order valence-electron chi connectivity index (χ4n) is 3.74. The molecule has 0 bridgehead atoms. The molecule has 1 aliphatic rings. The van der Waals surface area contributed by atoms with Gasteiger partial charge >= 0.3 is 0 Å². The highest BCUT2D eigenvalue weighted by Gasteiger charge is 2.30. The molecule has 2 aromatic rings. The van der Waals surface area contributed by atoms with Gasteiger partial charge < -0.3 is 14.6 Å². The molecule has 2 heterocycles. The van der Waals surface area contributed by atoms with Crippen molar-refractivity contribution in [2.24, 2.45) is 0 Å². The van der Waals surface area contributed by atoms with Gasteiger partial charge in [-0.3, -0.25) is 9.69 Å². The van der Waals surface area contributed by atoms with E-state index >= 15 is 0 Å². The van der Waals surface area contributed by atoms with Crippen LogP contribution >= 0.6 is 0 Å². The molecular weight excluding hydrogens is 333 g/mol. The summed E-state index contributed by atoms with van der Waals surface area (Å²) in [6.45, 7) is 7.45. The zero-order valence-corrected chi connectivity index (χ0v) is 15.6. The van der Waals surface area contributed by atoms with Crippen molar-refractivity contribution in [2.45, 2.75) is 26.4 Å². The third kappa shape index (κ3) is 3.52. The van der Waals surface area contributed by atoms with Gasteiger partial charge in [0.1, 0.15) is 11.6 Å². The molecule has 5 nitrogen and oxygen atoms in total. The Kier molecular flexibility index (Phi) is 5.44. The Hall–Kier alpha value is -2.18. The van der Waals surface area contributed by atoms with E-state index in [0.29, 0.717) is 17.7 Å². The number of aryl methyl sites for hydroxylation is 1. The van der Waals surface area contributed by atoms with E-state index in [0.717, 1.165) is 31.9 Å². The summed E-state index contributed by atoms with van der Waals surface area (Å²) < 4.78 is 15.6. The van der Waals surface area contributed by atoms with Crippen LogP contribution in [0, 0.1) is 12.7 Å². The average molecular weight is 359 g/mol. The standard InChI is InChI=1S/C20H26FN3O2/c1-4-24-14(2)12-17(25)18(20(24)26)19(15-6-5-7-16(21)13-15)23-10-8-22(3)9-11-23/h5-7,12-13,19,25H,4,8-11H2,1-3H3/t19-/m0/s1. The number of nitrogens with zero attached hydrogens (tertiary/aromatic N) is 3. The van der Waals surface area contributed by atoms with Crippen LogP contribution in [0.5, 0.6) is 5.75 Å². The predicted octanol–water partition coefficient (Wildman–Crippen LogP) is 2.36. The molecule has 0 unspecified atom stereocenters. The number of likely N-dealkylation sites (N-methyl/N-ethyl adjacent to an activating group) is 1. The lowest BCUT2D eigenvalue weighted by Crippen LogP contribution is -2.47. The first-order chi connectivity index (χ1) is 12.4. The molecule has 26 heavy (non-hydrogen) atoms. The van der Waals surface area contributed by atoms with Gasteiger partial charge in [-0.05, 0) is 44.7 Å². The summed E-state index contributed by atoms with van der Waals surface area (Å²) in [5.41, 5.74) is 1.52. The number of aromatic nitrogens is 1. The average Bonchev–Trinajstić information content (AvgIpc) is 2.60. The van der Waals surface area contributed by atoms with Crippen molar-refractivity contribution < 1.29 is 9.50 Å². The van der Waals surface area contributed by atoms with Gasteiger partial charge in [0.2, 0.25) is 0 Å². The molecule has 0 radical (unpaired) electrons. The van der Waals surface area contributed by atoms with Crippen LogP contribution in [0.15, 0.2) is 35.1 Å². The summed E-state index contributed by atoms with van der Waals surface area (Å²) >= 11 is 0. The monoisotopic (exact) mass is 359 g/mol. The lowest BCUT2D eigenvalue weighted by atomic mass is 9.96. The van der Waals surface area contributed by atoms with Crippen molar-refractivity contribution in [3.63, 3.8) is 0 Å². The molecule has 140 valence electrons. The van der Waals surface area contributed by atoms with Gasteiger partial charge in [0.15, 0.2) is 0 Å². The van der Waals surface area contributed by atoms with E-state index < -0.39 is 6.04 Å². The molecule has 6 heteroatoms. The number of benzene rings is 1. The number of pyridine rings is 1. The van der Waals surface area contributed by atoms with Crippen LogP contribution in [0.1, 0.15) is 29.8 Å². The van der Waals surface area contributed by atoms with Crippen molar-refractivity contribution in [2.75, 3.05) is 33.2 Å². The molecule has 1 aromatic heterocycles. The van der Waals surface area contributed by atoms with Crippen LogP contribution in [0.2, 0.25) is 0 Å². The quantitative estimate of drug-likeness (QED) is 0.911.